The fourth-order valence-corrected chi connectivity index (χ4v) is 2.81. The zero-order valence-corrected chi connectivity index (χ0v) is 13.0. The Morgan fingerprint density at radius 2 is 1.95 bits per heavy atom. The second-order valence-corrected chi connectivity index (χ2v) is 5.37. The number of carbonyl (C=O) groups is 2. The maximum atomic E-state index is 12.9. The molecule has 7 nitrogen and oxygen atoms in total. The summed E-state index contributed by atoms with van der Waals surface area (Å²) in [5.41, 5.74) is -0.818. The molecule has 7 heteroatoms. The molecule has 0 aliphatic carbocycles. The molecule has 1 N–H and O–H groups in total. The molecule has 116 valence electrons. The maximum absolute atomic E-state index is 12.9. The Balaban J connectivity index is 2.32. The first-order chi connectivity index (χ1) is 9.97. The number of nitrogens with one attached hydrogen (secondary N) is 1. The number of hydrogen-bond donors (Lipinski definition) is 1. The van der Waals surface area contributed by atoms with Crippen LogP contribution in [0.3, 0.4) is 0 Å². The molecular formula is C14H22N4O3. The van der Waals surface area contributed by atoms with Gasteiger partial charge >= 0.3 is 0 Å². The molecule has 1 atom stereocenters. The van der Waals surface area contributed by atoms with Crippen LogP contribution in [0.1, 0.15) is 51.7 Å². The van der Waals surface area contributed by atoms with Crippen molar-refractivity contribution in [2.24, 2.45) is 0 Å². The summed E-state index contributed by atoms with van der Waals surface area (Å²) in [4.78, 5) is 30.9. The number of hydrogen-bond acceptors (Lipinski definition) is 5. The van der Waals surface area contributed by atoms with Gasteiger partial charge in [0.25, 0.3) is 0 Å². The largest absolute Gasteiger partial charge is 0.340 e. The van der Waals surface area contributed by atoms with E-state index in [1.165, 1.54) is 0 Å². The van der Waals surface area contributed by atoms with Crippen molar-refractivity contribution < 1.29 is 14.1 Å². The highest BCUT2D eigenvalue weighted by molar-refractivity contribution is 5.99. The summed E-state index contributed by atoms with van der Waals surface area (Å²) in [5.74, 6) is 0.696. The Bertz CT molecular complexity index is 536. The first-order valence-corrected chi connectivity index (χ1v) is 7.39. The van der Waals surface area contributed by atoms with Crippen LogP contribution < -0.4 is 5.32 Å². The van der Waals surface area contributed by atoms with E-state index in [1.54, 1.807) is 11.8 Å². The second kappa shape index (κ2) is 5.83. The van der Waals surface area contributed by atoms with Crippen molar-refractivity contribution in [2.45, 2.75) is 65.1 Å². The highest BCUT2D eigenvalue weighted by Gasteiger charge is 2.48. The van der Waals surface area contributed by atoms with Gasteiger partial charge in [-0.15, -0.1) is 0 Å². The highest BCUT2D eigenvalue weighted by atomic mass is 16.5. The molecule has 2 rings (SSSR count). The molecule has 0 aromatic carbocycles. The molecule has 1 fully saturated rings. The van der Waals surface area contributed by atoms with E-state index in [0.717, 1.165) is 0 Å². The van der Waals surface area contributed by atoms with Crippen LogP contribution in [0.25, 0.3) is 0 Å². The van der Waals surface area contributed by atoms with Gasteiger partial charge in [0.05, 0.1) is 6.54 Å². The smallest absolute Gasteiger partial charge is 0.249 e. The van der Waals surface area contributed by atoms with Crippen molar-refractivity contribution in [1.82, 2.24) is 20.4 Å². The molecule has 1 aliphatic rings. The second-order valence-electron chi connectivity index (χ2n) is 5.37. The van der Waals surface area contributed by atoms with Crippen molar-refractivity contribution in [1.29, 1.82) is 0 Å². The predicted octanol–water partition coefficient (Wildman–Crippen LogP) is 1.17. The minimum absolute atomic E-state index is 0.0681. The number of carbonyl (C=O) groups excluding carboxylic acids is 2. The van der Waals surface area contributed by atoms with Crippen LogP contribution in [0.5, 0.6) is 0 Å². The van der Waals surface area contributed by atoms with Gasteiger partial charge in [0.1, 0.15) is 11.6 Å². The Morgan fingerprint density at radius 1 is 1.29 bits per heavy atom. The molecule has 0 bridgehead atoms. The first kappa shape index (κ1) is 15.5. The molecule has 2 heterocycles. The van der Waals surface area contributed by atoms with Crippen LogP contribution in [-0.2, 0) is 16.1 Å². The van der Waals surface area contributed by atoms with Crippen LogP contribution in [0, 0.1) is 6.92 Å². The van der Waals surface area contributed by atoms with E-state index in [2.05, 4.69) is 15.5 Å². The number of aromatic nitrogens is 2. The van der Waals surface area contributed by atoms with E-state index in [4.69, 9.17) is 4.52 Å². The lowest BCUT2D eigenvalue weighted by atomic mass is 9.86. The Hall–Kier alpha value is -1.92. The SMILES string of the molecule is CCC1C(=O)NC(CC)(CC)C(=O)N1Cc1noc(C)n1. The van der Waals surface area contributed by atoms with E-state index >= 15 is 0 Å². The highest BCUT2D eigenvalue weighted by Crippen LogP contribution is 2.27. The molecule has 0 spiro atoms. The minimum Gasteiger partial charge on any atom is -0.340 e. The normalized spacial score (nSPS) is 21.5. The topological polar surface area (TPSA) is 88.3 Å². The van der Waals surface area contributed by atoms with Crippen LogP contribution in [0.4, 0.5) is 0 Å². The third-order valence-electron chi connectivity index (χ3n) is 4.19. The lowest BCUT2D eigenvalue weighted by molar-refractivity contribution is -0.156. The van der Waals surface area contributed by atoms with Crippen molar-refractivity contribution in [2.75, 3.05) is 0 Å². The lowest BCUT2D eigenvalue weighted by Crippen LogP contribution is -2.69. The predicted molar refractivity (Wildman–Crippen MR) is 75.1 cm³/mol. The van der Waals surface area contributed by atoms with Gasteiger partial charge in [-0.25, -0.2) is 0 Å². The summed E-state index contributed by atoms with van der Waals surface area (Å²) >= 11 is 0. The molecule has 2 amide bonds. The van der Waals surface area contributed by atoms with Gasteiger partial charge in [0.2, 0.25) is 17.7 Å². The van der Waals surface area contributed by atoms with Gasteiger partial charge in [-0.05, 0) is 19.3 Å². The van der Waals surface area contributed by atoms with Gasteiger partial charge < -0.3 is 14.7 Å². The summed E-state index contributed by atoms with van der Waals surface area (Å²) in [7, 11) is 0. The van der Waals surface area contributed by atoms with E-state index in [9.17, 15) is 9.59 Å². The summed E-state index contributed by atoms with van der Waals surface area (Å²) in [6.07, 6.45) is 1.68. The zero-order valence-electron chi connectivity index (χ0n) is 13.0. The Morgan fingerprint density at radius 3 is 2.43 bits per heavy atom. The van der Waals surface area contributed by atoms with E-state index < -0.39 is 11.6 Å². The van der Waals surface area contributed by atoms with Crippen LogP contribution in [0.2, 0.25) is 0 Å². The molecule has 0 saturated carbocycles. The molecule has 1 aliphatic heterocycles. The van der Waals surface area contributed by atoms with Crippen LogP contribution in [0.15, 0.2) is 4.52 Å². The molecule has 1 saturated heterocycles. The van der Waals surface area contributed by atoms with Crippen LogP contribution in [-0.4, -0.2) is 38.4 Å². The summed E-state index contributed by atoms with van der Waals surface area (Å²) < 4.78 is 4.94. The van der Waals surface area contributed by atoms with E-state index in [1.807, 2.05) is 20.8 Å². The number of amides is 2. The molecule has 1 aromatic rings. The quantitative estimate of drug-likeness (QED) is 0.880. The van der Waals surface area contributed by atoms with Crippen molar-refractivity contribution in [3.8, 4) is 0 Å². The maximum Gasteiger partial charge on any atom is 0.249 e. The average Bonchev–Trinajstić information content (AvgIpc) is 2.88. The molecule has 1 aromatic heterocycles. The standard InChI is InChI=1S/C14H22N4O3/c1-5-10-12(19)16-14(6-2,7-3)13(20)18(10)8-11-15-9(4)21-17-11/h10H,5-8H2,1-4H3,(H,16,19). The summed E-state index contributed by atoms with van der Waals surface area (Å²) in [6.45, 7) is 7.59. The molecule has 1 unspecified atom stereocenters. The lowest BCUT2D eigenvalue weighted by Gasteiger charge is -2.44. The number of aryl methyl sites for hydroxylation is 1. The van der Waals surface area contributed by atoms with E-state index in [0.29, 0.717) is 31.0 Å². The molecule has 21 heavy (non-hydrogen) atoms. The van der Waals surface area contributed by atoms with E-state index in [-0.39, 0.29) is 18.4 Å². The third kappa shape index (κ3) is 2.64. The fraction of sp³-hybridized carbons (Fsp3) is 0.714. The summed E-state index contributed by atoms with van der Waals surface area (Å²) in [5, 5.41) is 6.73. The fourth-order valence-electron chi connectivity index (χ4n) is 2.81. The molecular weight excluding hydrogens is 272 g/mol. The Kier molecular flexibility index (Phi) is 4.29. The number of nitrogens with zero attached hydrogens (tertiary/aromatic N) is 3. The third-order valence-corrected chi connectivity index (χ3v) is 4.19. The molecule has 0 radical (unpaired) electrons. The monoisotopic (exact) mass is 294 g/mol. The van der Waals surface area contributed by atoms with Gasteiger partial charge in [-0.3, -0.25) is 9.59 Å². The van der Waals surface area contributed by atoms with Gasteiger partial charge in [0, 0.05) is 6.92 Å². The van der Waals surface area contributed by atoms with Crippen molar-refractivity contribution in [3.05, 3.63) is 11.7 Å². The number of piperazine rings is 1. The van der Waals surface area contributed by atoms with Crippen LogP contribution >= 0.6 is 0 Å². The van der Waals surface area contributed by atoms with Crippen molar-refractivity contribution >= 4 is 11.8 Å². The van der Waals surface area contributed by atoms with Crippen molar-refractivity contribution in [3.63, 3.8) is 0 Å². The number of rotatable bonds is 5. The average molecular weight is 294 g/mol. The zero-order chi connectivity index (χ0) is 15.6. The van der Waals surface area contributed by atoms with Gasteiger partial charge in [0.15, 0.2) is 5.82 Å². The van der Waals surface area contributed by atoms with Gasteiger partial charge in [-0.2, -0.15) is 4.98 Å². The summed E-state index contributed by atoms with van der Waals surface area (Å²) in [6, 6.07) is -0.484. The Labute approximate surface area is 124 Å². The van der Waals surface area contributed by atoms with Gasteiger partial charge in [-0.1, -0.05) is 25.9 Å². The first-order valence-electron chi connectivity index (χ1n) is 7.39. The minimum atomic E-state index is -0.818.